The minimum Gasteiger partial charge on any atom is -0.393 e. The van der Waals surface area contributed by atoms with Gasteiger partial charge in [0, 0.05) is 0 Å². The fraction of sp³-hybridized carbons (Fsp3) is 0.931. The molecule has 4 saturated carbocycles. The van der Waals surface area contributed by atoms with Crippen molar-refractivity contribution in [2.24, 2.45) is 52.3 Å². The topological polar surface area (TPSA) is 20.2 Å². The van der Waals surface area contributed by atoms with E-state index in [1.54, 1.807) is 0 Å². The minimum atomic E-state index is -0.148. The van der Waals surface area contributed by atoms with Crippen molar-refractivity contribution in [1.82, 2.24) is 0 Å². The van der Waals surface area contributed by atoms with E-state index in [0.29, 0.717) is 22.7 Å². The van der Waals surface area contributed by atoms with Crippen molar-refractivity contribution in [2.45, 2.75) is 118 Å². The number of allylic oxidation sites excluding steroid dienone is 2. The maximum atomic E-state index is 10.1. The van der Waals surface area contributed by atoms with Crippen LogP contribution in [0.2, 0.25) is 0 Å². The van der Waals surface area contributed by atoms with Crippen LogP contribution < -0.4 is 0 Å². The highest BCUT2D eigenvalue weighted by atomic mass is 16.3. The molecule has 4 fully saturated rings. The highest BCUT2D eigenvalue weighted by Gasteiger charge is 2.59. The monoisotopic (exact) mass is 414 g/mol. The van der Waals surface area contributed by atoms with Gasteiger partial charge in [-0.2, -0.15) is 0 Å². The van der Waals surface area contributed by atoms with E-state index < -0.39 is 0 Å². The van der Waals surface area contributed by atoms with Gasteiger partial charge in [-0.3, -0.25) is 0 Å². The zero-order valence-electron chi connectivity index (χ0n) is 20.7. The van der Waals surface area contributed by atoms with Crippen molar-refractivity contribution < 1.29 is 5.11 Å². The Bertz CT molecular complexity index is 609. The molecule has 1 heteroatoms. The second kappa shape index (κ2) is 8.92. The van der Waals surface area contributed by atoms with Crippen LogP contribution >= 0.6 is 0 Å². The Morgan fingerprint density at radius 3 is 2.43 bits per heavy atom. The Morgan fingerprint density at radius 1 is 0.900 bits per heavy atom. The first kappa shape index (κ1) is 22.9. The van der Waals surface area contributed by atoms with Gasteiger partial charge in [0.25, 0.3) is 0 Å². The first-order valence-electron chi connectivity index (χ1n) is 13.7. The third kappa shape index (κ3) is 3.84. The number of hydrogen-bond donors (Lipinski definition) is 1. The molecule has 0 amide bonds. The van der Waals surface area contributed by atoms with Gasteiger partial charge in [0.05, 0.1) is 6.10 Å². The van der Waals surface area contributed by atoms with Gasteiger partial charge in [-0.25, -0.2) is 0 Å². The van der Waals surface area contributed by atoms with Gasteiger partial charge in [0.2, 0.25) is 0 Å². The van der Waals surface area contributed by atoms with Crippen LogP contribution in [0.15, 0.2) is 12.2 Å². The number of rotatable bonds is 6. The van der Waals surface area contributed by atoms with E-state index >= 15 is 0 Å². The molecule has 0 radical (unpaired) electrons. The van der Waals surface area contributed by atoms with Crippen LogP contribution in [0.25, 0.3) is 0 Å². The van der Waals surface area contributed by atoms with Crippen molar-refractivity contribution in [3.05, 3.63) is 12.2 Å². The van der Waals surface area contributed by atoms with Gasteiger partial charge in [-0.05, 0) is 116 Å². The molecule has 0 aromatic carbocycles. The van der Waals surface area contributed by atoms with Crippen molar-refractivity contribution in [3.63, 3.8) is 0 Å². The highest BCUT2D eigenvalue weighted by molar-refractivity contribution is 5.10. The molecule has 4 aliphatic rings. The smallest absolute Gasteiger partial charge is 0.0566 e. The molecular weight excluding hydrogens is 364 g/mol. The molecule has 30 heavy (non-hydrogen) atoms. The lowest BCUT2D eigenvalue weighted by atomic mass is 9.44. The van der Waals surface area contributed by atoms with Crippen LogP contribution in [0.5, 0.6) is 0 Å². The predicted octanol–water partition coefficient (Wildman–Crippen LogP) is 8.02. The zero-order chi connectivity index (χ0) is 21.5. The van der Waals surface area contributed by atoms with Crippen molar-refractivity contribution >= 4 is 0 Å². The third-order valence-corrected chi connectivity index (χ3v) is 11.3. The van der Waals surface area contributed by atoms with Gasteiger partial charge < -0.3 is 5.11 Å². The van der Waals surface area contributed by atoms with Crippen LogP contribution in [0.4, 0.5) is 0 Å². The summed E-state index contributed by atoms with van der Waals surface area (Å²) in [5.74, 6) is 5.99. The van der Waals surface area contributed by atoms with E-state index in [4.69, 9.17) is 0 Å². The quantitative estimate of drug-likeness (QED) is 0.436. The molecule has 172 valence electrons. The Kier molecular flexibility index (Phi) is 6.80. The van der Waals surface area contributed by atoms with Crippen molar-refractivity contribution in [1.29, 1.82) is 0 Å². The summed E-state index contributed by atoms with van der Waals surface area (Å²) in [6.07, 6.45) is 21.7. The molecule has 0 aromatic heterocycles. The van der Waals surface area contributed by atoms with Crippen molar-refractivity contribution in [2.75, 3.05) is 0 Å². The first-order valence-corrected chi connectivity index (χ1v) is 13.7. The summed E-state index contributed by atoms with van der Waals surface area (Å²) in [6.45, 7) is 12.2. The Labute approximate surface area is 187 Å². The Balaban J connectivity index is 1.43. The lowest BCUT2D eigenvalue weighted by molar-refractivity contribution is -0.112. The van der Waals surface area contributed by atoms with Crippen LogP contribution in [-0.4, -0.2) is 11.2 Å². The maximum absolute atomic E-state index is 10.1. The largest absolute Gasteiger partial charge is 0.393 e. The summed E-state index contributed by atoms with van der Waals surface area (Å²) in [5.41, 5.74) is 1.24. The maximum Gasteiger partial charge on any atom is 0.0566 e. The fourth-order valence-corrected chi connectivity index (χ4v) is 9.40. The van der Waals surface area contributed by atoms with E-state index in [0.717, 1.165) is 42.4 Å². The van der Waals surface area contributed by atoms with E-state index in [9.17, 15) is 5.11 Å². The lowest BCUT2D eigenvalue weighted by Gasteiger charge is -2.60. The van der Waals surface area contributed by atoms with Crippen LogP contribution in [0.3, 0.4) is 0 Å². The first-order chi connectivity index (χ1) is 14.3. The van der Waals surface area contributed by atoms with E-state index in [1.165, 1.54) is 64.2 Å². The summed E-state index contributed by atoms with van der Waals surface area (Å²) in [6, 6.07) is 0. The van der Waals surface area contributed by atoms with Crippen molar-refractivity contribution in [3.8, 4) is 0 Å². The van der Waals surface area contributed by atoms with Gasteiger partial charge in [-0.1, -0.05) is 59.6 Å². The molecule has 0 aromatic rings. The van der Waals surface area contributed by atoms with Gasteiger partial charge >= 0.3 is 0 Å². The molecule has 0 heterocycles. The summed E-state index contributed by atoms with van der Waals surface area (Å²) in [5, 5.41) is 10.1. The lowest BCUT2D eigenvalue weighted by Crippen LogP contribution is -2.53. The van der Waals surface area contributed by atoms with E-state index in [-0.39, 0.29) is 6.10 Å². The average Bonchev–Trinajstić information content (AvgIpc) is 3.09. The molecule has 0 spiro atoms. The molecule has 4 aliphatic carbocycles. The van der Waals surface area contributed by atoms with Crippen LogP contribution in [0.1, 0.15) is 112 Å². The summed E-state index contributed by atoms with van der Waals surface area (Å²) in [4.78, 5) is 0. The standard InChI is InChI=1S/C29H50O/c1-6-27(30)21(3)11-9-10-20(2)24-15-16-25-23-14-13-22-12-7-8-18-28(22,4)26(23)17-19-29(24,25)5/h9-10,20-27,30H,6-8,11-19H2,1-5H3/t20-,21?,22?,23+,24-,25+,26+,27?,28+,29-/m1/s1. The molecule has 0 saturated heterocycles. The van der Waals surface area contributed by atoms with Crippen LogP contribution in [-0.2, 0) is 0 Å². The average molecular weight is 415 g/mol. The number of fused-ring (bicyclic) bond motifs is 5. The normalized spacial score (nSPS) is 46.7. The molecule has 10 atom stereocenters. The molecule has 0 bridgehead atoms. The number of aliphatic hydroxyl groups excluding tert-OH is 1. The second-order valence-electron chi connectivity index (χ2n) is 12.6. The van der Waals surface area contributed by atoms with E-state index in [1.807, 2.05) is 0 Å². The second-order valence-corrected chi connectivity index (χ2v) is 12.6. The summed E-state index contributed by atoms with van der Waals surface area (Å²) >= 11 is 0. The van der Waals surface area contributed by atoms with Gasteiger partial charge in [0.1, 0.15) is 0 Å². The molecule has 3 unspecified atom stereocenters. The SMILES string of the molecule is CCC(O)C(C)CC=C[C@@H](C)[C@H]1CC[C@H]2[C@@H]3CCC4CCCC[C@]4(C)[C@H]3CC[C@]12C. The van der Waals surface area contributed by atoms with Gasteiger partial charge in [-0.15, -0.1) is 0 Å². The molecular formula is C29H50O. The third-order valence-electron chi connectivity index (χ3n) is 11.3. The minimum absolute atomic E-state index is 0.148. The summed E-state index contributed by atoms with van der Waals surface area (Å²) in [7, 11) is 0. The molecule has 4 rings (SSSR count). The number of aliphatic hydroxyl groups is 1. The molecule has 0 aliphatic heterocycles. The predicted molar refractivity (Wildman–Crippen MR) is 128 cm³/mol. The van der Waals surface area contributed by atoms with Crippen LogP contribution in [0, 0.1) is 52.3 Å². The van der Waals surface area contributed by atoms with Gasteiger partial charge in [0.15, 0.2) is 0 Å². The fourth-order valence-electron chi connectivity index (χ4n) is 9.40. The number of hydrogen-bond acceptors (Lipinski definition) is 1. The van der Waals surface area contributed by atoms with E-state index in [2.05, 4.69) is 46.8 Å². The summed E-state index contributed by atoms with van der Waals surface area (Å²) < 4.78 is 0. The highest BCUT2D eigenvalue weighted by Crippen LogP contribution is 2.68. The Hall–Kier alpha value is -0.300. The Morgan fingerprint density at radius 2 is 1.67 bits per heavy atom. The molecule has 1 nitrogen and oxygen atoms in total. The zero-order valence-corrected chi connectivity index (χ0v) is 20.7. The molecule has 1 N–H and O–H groups in total.